The first-order chi connectivity index (χ1) is 14.0. The Labute approximate surface area is 184 Å². The predicted molar refractivity (Wildman–Crippen MR) is 130 cm³/mol. The molecule has 0 bridgehead atoms. The van der Waals surface area contributed by atoms with Crippen molar-refractivity contribution in [3.63, 3.8) is 0 Å². The molecular formula is C23H53N3O2Si. The molecule has 0 aromatic carbocycles. The van der Waals surface area contributed by atoms with Gasteiger partial charge in [-0.25, -0.2) is 0 Å². The predicted octanol–water partition coefficient (Wildman–Crippen LogP) is 4.61. The van der Waals surface area contributed by atoms with E-state index in [1.165, 1.54) is 77.8 Å². The fourth-order valence-corrected chi connectivity index (χ4v) is 6.42. The molecule has 0 spiro atoms. The van der Waals surface area contributed by atoms with Crippen molar-refractivity contribution >= 4 is 8.56 Å². The van der Waals surface area contributed by atoms with Crippen LogP contribution in [-0.2, 0) is 8.85 Å². The second-order valence-electron chi connectivity index (χ2n) is 8.34. The summed E-state index contributed by atoms with van der Waals surface area (Å²) in [7, 11) is 1.58. The Kier molecular flexibility index (Phi) is 18.8. The summed E-state index contributed by atoms with van der Waals surface area (Å²) in [6.07, 6.45) is 8.42. The second kappa shape index (κ2) is 18.8. The van der Waals surface area contributed by atoms with Crippen LogP contribution in [0.15, 0.2) is 0 Å². The van der Waals surface area contributed by atoms with Crippen LogP contribution in [0.25, 0.3) is 0 Å². The molecule has 0 atom stereocenters. The van der Waals surface area contributed by atoms with E-state index in [0.29, 0.717) is 0 Å². The van der Waals surface area contributed by atoms with Crippen LogP contribution in [0.3, 0.4) is 0 Å². The second-order valence-corrected chi connectivity index (χ2v) is 12.0. The molecule has 0 amide bonds. The summed E-state index contributed by atoms with van der Waals surface area (Å²) in [6, 6.07) is 1.01. The Morgan fingerprint density at radius 1 is 0.517 bits per heavy atom. The molecule has 0 saturated carbocycles. The Hall–Kier alpha value is 0.0169. The highest BCUT2D eigenvalue weighted by atomic mass is 28.4. The largest absolute Gasteiger partial charge is 0.397 e. The van der Waals surface area contributed by atoms with Crippen LogP contribution in [0, 0.1) is 0 Å². The Balaban J connectivity index is 4.78. The highest BCUT2D eigenvalue weighted by Crippen LogP contribution is 2.14. The van der Waals surface area contributed by atoms with Crippen LogP contribution < -0.4 is 0 Å². The molecule has 0 aliphatic rings. The standard InChI is InChI=1S/C23H53N3O2Si/c1-8-15-24(16-9-2)19-13-21-26(23-29(12-5,27-6)28-7)22-14-20-25(17-10-3)18-11-4/h8-23H2,1-7H3. The molecule has 29 heavy (non-hydrogen) atoms. The first-order valence-electron chi connectivity index (χ1n) is 12.3. The van der Waals surface area contributed by atoms with E-state index in [1.54, 1.807) is 0 Å². The quantitative estimate of drug-likeness (QED) is 0.248. The molecule has 0 radical (unpaired) electrons. The molecular weight excluding hydrogens is 378 g/mol. The van der Waals surface area contributed by atoms with E-state index in [1.807, 2.05) is 14.2 Å². The molecule has 0 fully saturated rings. The van der Waals surface area contributed by atoms with Crippen molar-refractivity contribution < 1.29 is 8.85 Å². The summed E-state index contributed by atoms with van der Waals surface area (Å²) in [5.41, 5.74) is 0. The van der Waals surface area contributed by atoms with Gasteiger partial charge in [-0.15, -0.1) is 0 Å². The molecule has 0 heterocycles. The molecule has 0 N–H and O–H groups in total. The van der Waals surface area contributed by atoms with Gasteiger partial charge in [-0.1, -0.05) is 34.6 Å². The molecule has 0 saturated heterocycles. The van der Waals surface area contributed by atoms with Crippen LogP contribution in [0.2, 0.25) is 6.04 Å². The summed E-state index contributed by atoms with van der Waals surface area (Å²) in [5, 5.41) is 0. The average molecular weight is 432 g/mol. The molecule has 0 aliphatic carbocycles. The molecule has 0 aromatic heterocycles. The number of rotatable bonds is 21. The summed E-state index contributed by atoms with van der Waals surface area (Å²) in [6.45, 7) is 20.9. The molecule has 0 unspecified atom stereocenters. The summed E-state index contributed by atoms with van der Waals surface area (Å²) < 4.78 is 11.9. The monoisotopic (exact) mass is 431 g/mol. The van der Waals surface area contributed by atoms with Gasteiger partial charge in [0.15, 0.2) is 0 Å². The topological polar surface area (TPSA) is 28.2 Å². The fraction of sp³-hybridized carbons (Fsp3) is 1.00. The fourth-order valence-electron chi connectivity index (χ4n) is 4.20. The summed E-state index contributed by atoms with van der Waals surface area (Å²) in [4.78, 5) is 7.88. The zero-order valence-electron chi connectivity index (χ0n) is 21.0. The third-order valence-corrected chi connectivity index (χ3v) is 9.30. The van der Waals surface area contributed by atoms with Crippen molar-refractivity contribution in [3.8, 4) is 0 Å². The van der Waals surface area contributed by atoms with E-state index in [-0.39, 0.29) is 0 Å². The van der Waals surface area contributed by atoms with Crippen molar-refractivity contribution in [1.82, 2.24) is 14.7 Å². The lowest BCUT2D eigenvalue weighted by atomic mass is 10.2. The SMILES string of the molecule is CCCN(CCC)CCCN(CCCN(CCC)CCC)C[Si](CC)(OC)OC. The van der Waals surface area contributed by atoms with Gasteiger partial charge in [0, 0.05) is 20.4 Å². The van der Waals surface area contributed by atoms with Gasteiger partial charge in [0.1, 0.15) is 0 Å². The van der Waals surface area contributed by atoms with Gasteiger partial charge in [-0.05, 0) is 96.9 Å². The summed E-state index contributed by atoms with van der Waals surface area (Å²) in [5.74, 6) is 0. The van der Waals surface area contributed by atoms with Gasteiger partial charge < -0.3 is 23.6 Å². The molecule has 0 aromatic rings. The molecule has 6 heteroatoms. The van der Waals surface area contributed by atoms with Gasteiger partial charge in [0.25, 0.3) is 0 Å². The maximum atomic E-state index is 5.93. The lowest BCUT2D eigenvalue weighted by Gasteiger charge is -2.34. The normalized spacial score (nSPS) is 12.6. The number of hydrogen-bond donors (Lipinski definition) is 0. The zero-order valence-corrected chi connectivity index (χ0v) is 22.0. The third kappa shape index (κ3) is 13.1. The van der Waals surface area contributed by atoms with Crippen molar-refractivity contribution in [3.05, 3.63) is 0 Å². The highest BCUT2D eigenvalue weighted by Gasteiger charge is 2.35. The minimum Gasteiger partial charge on any atom is -0.397 e. The average Bonchev–Trinajstić information content (AvgIpc) is 2.72. The molecule has 5 nitrogen and oxygen atoms in total. The molecule has 0 aliphatic heterocycles. The minimum atomic E-state index is -2.10. The third-order valence-electron chi connectivity index (χ3n) is 5.80. The summed E-state index contributed by atoms with van der Waals surface area (Å²) >= 11 is 0. The molecule has 0 rings (SSSR count). The van der Waals surface area contributed by atoms with Crippen molar-refractivity contribution in [2.45, 2.75) is 79.2 Å². The van der Waals surface area contributed by atoms with Crippen molar-refractivity contribution in [2.24, 2.45) is 0 Å². The van der Waals surface area contributed by atoms with Crippen LogP contribution in [-0.4, -0.2) is 96.0 Å². The van der Waals surface area contributed by atoms with E-state index >= 15 is 0 Å². The first-order valence-corrected chi connectivity index (χ1v) is 14.5. The van der Waals surface area contributed by atoms with Crippen LogP contribution in [0.1, 0.15) is 73.1 Å². The van der Waals surface area contributed by atoms with E-state index < -0.39 is 8.56 Å². The van der Waals surface area contributed by atoms with Gasteiger partial charge in [-0.2, -0.15) is 0 Å². The lowest BCUT2D eigenvalue weighted by Crippen LogP contribution is -2.51. The van der Waals surface area contributed by atoms with Gasteiger partial charge >= 0.3 is 8.56 Å². The van der Waals surface area contributed by atoms with E-state index in [0.717, 1.165) is 25.3 Å². The van der Waals surface area contributed by atoms with Crippen LogP contribution in [0.5, 0.6) is 0 Å². The van der Waals surface area contributed by atoms with Crippen LogP contribution in [0.4, 0.5) is 0 Å². The maximum Gasteiger partial charge on any atom is 0.351 e. The van der Waals surface area contributed by atoms with Gasteiger partial charge in [-0.3, -0.25) is 0 Å². The lowest BCUT2D eigenvalue weighted by molar-refractivity contribution is 0.184. The Morgan fingerprint density at radius 3 is 1.14 bits per heavy atom. The van der Waals surface area contributed by atoms with Gasteiger partial charge in [0.05, 0.1) is 0 Å². The van der Waals surface area contributed by atoms with Crippen LogP contribution >= 0.6 is 0 Å². The van der Waals surface area contributed by atoms with E-state index in [4.69, 9.17) is 8.85 Å². The van der Waals surface area contributed by atoms with E-state index in [9.17, 15) is 0 Å². The Morgan fingerprint density at radius 2 is 0.862 bits per heavy atom. The highest BCUT2D eigenvalue weighted by molar-refractivity contribution is 6.67. The zero-order chi connectivity index (χ0) is 22.0. The minimum absolute atomic E-state index is 0.986. The van der Waals surface area contributed by atoms with Crippen molar-refractivity contribution in [1.29, 1.82) is 0 Å². The molecule has 176 valence electrons. The van der Waals surface area contributed by atoms with E-state index in [2.05, 4.69) is 49.3 Å². The number of nitrogens with zero attached hydrogens (tertiary/aromatic N) is 3. The first kappa shape index (κ1) is 29.0. The maximum absolute atomic E-state index is 5.93. The van der Waals surface area contributed by atoms with Crippen molar-refractivity contribution in [2.75, 3.05) is 72.7 Å². The van der Waals surface area contributed by atoms with Gasteiger partial charge in [0.2, 0.25) is 0 Å². The Bertz CT molecular complexity index is 315. The number of hydrogen-bond acceptors (Lipinski definition) is 5. The smallest absolute Gasteiger partial charge is 0.351 e.